The summed E-state index contributed by atoms with van der Waals surface area (Å²) in [5.74, 6) is 0. The van der Waals surface area contributed by atoms with E-state index in [0.29, 0.717) is 0 Å². The number of para-hydroxylation sites is 1. The summed E-state index contributed by atoms with van der Waals surface area (Å²) >= 11 is 0. The van der Waals surface area contributed by atoms with Crippen LogP contribution in [0.25, 0.3) is 5.69 Å². The largest absolute Gasteiger partial charge is 0.222 e. The van der Waals surface area contributed by atoms with Crippen molar-refractivity contribution in [3.05, 3.63) is 60.4 Å². The Kier molecular flexibility index (Phi) is 5.21. The number of rotatable bonds is 1. The van der Waals surface area contributed by atoms with Gasteiger partial charge in [-0.15, -0.1) is 10.2 Å². The molecule has 0 aliphatic carbocycles. The van der Waals surface area contributed by atoms with Gasteiger partial charge in [0.25, 0.3) is 0 Å². The molecule has 6 heteroatoms. The zero-order valence-corrected chi connectivity index (χ0v) is 10.4. The molecular formula is C12H12ClNO4. The fourth-order valence-corrected chi connectivity index (χ4v) is 1.27. The maximum Gasteiger partial charge on any atom is 0.210 e. The smallest absolute Gasteiger partial charge is 0.210 e. The van der Waals surface area contributed by atoms with Gasteiger partial charge in [0.15, 0.2) is 12.4 Å². The third kappa shape index (κ3) is 6.29. The van der Waals surface area contributed by atoms with Crippen LogP contribution in [0.3, 0.4) is 0 Å². The first-order valence-corrected chi connectivity index (χ1v) is 6.25. The Morgan fingerprint density at radius 1 is 0.833 bits per heavy atom. The molecule has 0 aliphatic rings. The summed E-state index contributed by atoms with van der Waals surface area (Å²) in [5.41, 5.74) is 2.48. The lowest BCUT2D eigenvalue weighted by molar-refractivity contribution is -2.00. The molecular weight excluding hydrogens is 258 g/mol. The van der Waals surface area contributed by atoms with Crippen LogP contribution in [0, 0.1) is 17.2 Å². The summed E-state index contributed by atoms with van der Waals surface area (Å²) in [6, 6.07) is 14.5. The van der Waals surface area contributed by atoms with Crippen LogP contribution in [0.2, 0.25) is 0 Å². The Morgan fingerprint density at radius 3 is 1.72 bits per heavy atom. The van der Waals surface area contributed by atoms with Crippen LogP contribution in [0.4, 0.5) is 0 Å². The topological polar surface area (TPSA) is 96.1 Å². The van der Waals surface area contributed by atoms with Gasteiger partial charge in [0.05, 0.1) is 0 Å². The second-order valence-corrected chi connectivity index (χ2v) is 4.25. The Balaban J connectivity index is 0.000000280. The summed E-state index contributed by atoms with van der Waals surface area (Å²) < 4.78 is 36.1. The second-order valence-electron chi connectivity index (χ2n) is 3.50. The molecule has 0 aliphatic heterocycles. The minimum Gasteiger partial charge on any atom is -0.222 e. The van der Waals surface area contributed by atoms with Gasteiger partial charge in [0.2, 0.25) is 5.69 Å². The van der Waals surface area contributed by atoms with Crippen molar-refractivity contribution in [1.29, 1.82) is 0 Å². The third-order valence-corrected chi connectivity index (χ3v) is 2.05. The van der Waals surface area contributed by atoms with E-state index in [1.807, 2.05) is 18.2 Å². The van der Waals surface area contributed by atoms with Crippen LogP contribution < -0.4 is 23.2 Å². The normalized spacial score (nSPS) is 10.5. The molecule has 1 heterocycles. The lowest BCUT2D eigenvalue weighted by atomic mass is 10.3. The number of halogens is 1. The number of nitrogens with zero attached hydrogens (tertiary/aromatic N) is 1. The summed E-state index contributed by atoms with van der Waals surface area (Å²) in [4.78, 5) is 0. The zero-order valence-electron chi connectivity index (χ0n) is 9.65. The predicted octanol–water partition coefficient (Wildman–Crippen LogP) is -2.48. The monoisotopic (exact) mass is 269 g/mol. The van der Waals surface area contributed by atoms with Gasteiger partial charge in [-0.25, -0.2) is 18.6 Å². The molecule has 96 valence electrons. The van der Waals surface area contributed by atoms with Gasteiger partial charge in [-0.2, -0.15) is 4.57 Å². The average Bonchev–Trinajstić information content (AvgIpc) is 2.29. The van der Waals surface area contributed by atoms with Gasteiger partial charge in [0.1, 0.15) is 0 Å². The number of pyridine rings is 1. The van der Waals surface area contributed by atoms with Crippen molar-refractivity contribution in [3.63, 3.8) is 0 Å². The van der Waals surface area contributed by atoms with Crippen LogP contribution in [0.5, 0.6) is 0 Å². The number of aromatic nitrogens is 1. The van der Waals surface area contributed by atoms with Crippen LogP contribution >= 0.6 is 0 Å². The van der Waals surface area contributed by atoms with Gasteiger partial charge < -0.3 is 0 Å². The molecule has 5 nitrogen and oxygen atoms in total. The summed E-state index contributed by atoms with van der Waals surface area (Å²) in [7, 11) is -4.94. The first kappa shape index (κ1) is 14.6. The van der Waals surface area contributed by atoms with Crippen LogP contribution in [-0.2, 0) is 0 Å². The fourth-order valence-electron chi connectivity index (χ4n) is 1.27. The van der Waals surface area contributed by atoms with Crippen LogP contribution in [0.1, 0.15) is 5.56 Å². The van der Waals surface area contributed by atoms with Crippen molar-refractivity contribution >= 4 is 0 Å². The number of hydrogen-bond donors (Lipinski definition) is 0. The molecule has 18 heavy (non-hydrogen) atoms. The Labute approximate surface area is 107 Å². The Hall–Kier alpha value is -1.50. The molecule has 0 unspecified atom stereocenters. The fraction of sp³-hybridized carbons (Fsp3) is 0.0833. The highest BCUT2D eigenvalue weighted by molar-refractivity contribution is 5.21. The van der Waals surface area contributed by atoms with Gasteiger partial charge in [-0.05, 0) is 12.5 Å². The molecule has 0 N–H and O–H groups in total. The molecule has 0 spiro atoms. The highest BCUT2D eigenvalue weighted by Crippen LogP contribution is 1.98. The molecule has 0 atom stereocenters. The lowest BCUT2D eigenvalue weighted by Crippen LogP contribution is -2.68. The predicted molar refractivity (Wildman–Crippen MR) is 52.7 cm³/mol. The molecule has 0 fully saturated rings. The maximum atomic E-state index is 8.49. The van der Waals surface area contributed by atoms with E-state index >= 15 is 0 Å². The minimum absolute atomic E-state index is 1.20. The number of aryl methyl sites for hydroxylation is 1. The second kappa shape index (κ2) is 6.44. The van der Waals surface area contributed by atoms with Gasteiger partial charge in [-0.1, -0.05) is 18.2 Å². The summed E-state index contributed by atoms with van der Waals surface area (Å²) in [5, 5.41) is 0. The van der Waals surface area contributed by atoms with Crippen molar-refractivity contribution in [2.75, 3.05) is 0 Å². The molecule has 1 aromatic carbocycles. The highest BCUT2D eigenvalue weighted by Gasteiger charge is 2.01. The molecule has 1 aromatic heterocycles. The lowest BCUT2D eigenvalue weighted by Gasteiger charge is -2.17. The number of hydrogen-bond acceptors (Lipinski definition) is 4. The van der Waals surface area contributed by atoms with Gasteiger partial charge in [-0.3, -0.25) is 0 Å². The van der Waals surface area contributed by atoms with Crippen molar-refractivity contribution in [2.45, 2.75) is 6.92 Å². The van der Waals surface area contributed by atoms with E-state index in [-0.39, 0.29) is 0 Å². The average molecular weight is 270 g/mol. The van der Waals surface area contributed by atoms with E-state index in [0.717, 1.165) is 0 Å². The quantitative estimate of drug-likeness (QED) is 0.535. The van der Waals surface area contributed by atoms with Crippen molar-refractivity contribution in [2.24, 2.45) is 0 Å². The molecule has 0 bridgehead atoms. The van der Waals surface area contributed by atoms with E-state index in [2.05, 4.69) is 48.1 Å². The molecule has 0 saturated carbocycles. The van der Waals surface area contributed by atoms with E-state index < -0.39 is 10.2 Å². The molecule has 0 amide bonds. The Bertz CT molecular complexity index is 462. The van der Waals surface area contributed by atoms with E-state index in [4.69, 9.17) is 18.6 Å². The summed E-state index contributed by atoms with van der Waals surface area (Å²) in [6.07, 6.45) is 4.15. The van der Waals surface area contributed by atoms with E-state index in [1.54, 1.807) is 0 Å². The van der Waals surface area contributed by atoms with Crippen molar-refractivity contribution < 1.29 is 33.4 Å². The summed E-state index contributed by atoms with van der Waals surface area (Å²) in [6.45, 7) is 2.09. The van der Waals surface area contributed by atoms with Crippen LogP contribution in [0.15, 0.2) is 54.9 Å². The molecule has 0 saturated heterocycles. The SMILES string of the molecule is Cc1cc[n+](-c2ccccc2)cc1.[O-][Cl+3]([O-])([O-])[O-]. The van der Waals surface area contributed by atoms with Gasteiger partial charge in [0, 0.05) is 24.3 Å². The highest BCUT2D eigenvalue weighted by atomic mass is 35.7. The first-order valence-electron chi connectivity index (χ1n) is 5.01. The Morgan fingerprint density at radius 2 is 1.28 bits per heavy atom. The maximum absolute atomic E-state index is 8.49. The van der Waals surface area contributed by atoms with Crippen molar-refractivity contribution in [1.82, 2.24) is 0 Å². The molecule has 0 radical (unpaired) electrons. The first-order chi connectivity index (χ1) is 8.36. The third-order valence-electron chi connectivity index (χ3n) is 2.05. The van der Waals surface area contributed by atoms with Gasteiger partial charge >= 0.3 is 0 Å². The van der Waals surface area contributed by atoms with E-state index in [1.165, 1.54) is 11.3 Å². The molecule has 2 aromatic rings. The molecule has 2 rings (SSSR count). The van der Waals surface area contributed by atoms with Crippen LogP contribution in [-0.4, -0.2) is 0 Å². The number of benzene rings is 1. The zero-order chi connectivity index (χ0) is 13.6. The van der Waals surface area contributed by atoms with Crippen molar-refractivity contribution in [3.8, 4) is 5.69 Å². The standard InChI is InChI=1S/C12H12N.ClHO4/c1-11-7-9-13(10-8-11)12-5-3-2-4-6-12;2-1(3,4)5/h2-10H,1H3;(H,2,3,4,5)/q+1;/p-1. The van der Waals surface area contributed by atoms with E-state index in [9.17, 15) is 0 Å². The minimum atomic E-state index is -4.94.